The number of carbonyl (C=O) groups is 3. The lowest BCUT2D eigenvalue weighted by molar-refractivity contribution is -0.105. The molecule has 1 amide bonds. The molecular weight excluding hydrogens is 346 g/mol. The highest BCUT2D eigenvalue weighted by Crippen LogP contribution is 2.25. The van der Waals surface area contributed by atoms with Gasteiger partial charge < -0.3 is 29.0 Å². The van der Waals surface area contributed by atoms with Gasteiger partial charge in [-0.05, 0) is 25.1 Å². The highest BCUT2D eigenvalue weighted by Gasteiger charge is 2.18. The average Bonchev–Trinajstić information content (AvgIpc) is 2.61. The van der Waals surface area contributed by atoms with Crippen molar-refractivity contribution in [1.82, 2.24) is 0 Å². The predicted molar refractivity (Wildman–Crippen MR) is 91.1 cm³/mol. The van der Waals surface area contributed by atoms with Crippen molar-refractivity contribution in [1.29, 1.82) is 0 Å². The zero-order chi connectivity index (χ0) is 19.5. The van der Waals surface area contributed by atoms with Crippen molar-refractivity contribution in [2.45, 2.75) is 32.7 Å². The molecule has 1 aromatic rings. The third kappa shape index (κ3) is 6.98. The second-order valence-corrected chi connectivity index (χ2v) is 5.20. The van der Waals surface area contributed by atoms with Gasteiger partial charge in [0.15, 0.2) is 0 Å². The molecule has 2 atom stereocenters. The molecule has 0 fully saturated rings. The summed E-state index contributed by atoms with van der Waals surface area (Å²) in [5.74, 6) is -0.443. The average molecular weight is 369 g/mol. The van der Waals surface area contributed by atoms with Crippen molar-refractivity contribution >= 4 is 24.2 Å². The molecule has 0 saturated carbocycles. The lowest BCUT2D eigenvalue weighted by Gasteiger charge is -2.15. The molecule has 1 rings (SSSR count). The van der Waals surface area contributed by atoms with Crippen LogP contribution in [0.15, 0.2) is 18.2 Å². The van der Waals surface area contributed by atoms with Crippen LogP contribution in [0.25, 0.3) is 0 Å². The van der Waals surface area contributed by atoms with E-state index in [0.29, 0.717) is 18.5 Å². The second-order valence-electron chi connectivity index (χ2n) is 5.20. The molecule has 0 aliphatic rings. The van der Waals surface area contributed by atoms with Gasteiger partial charge in [0.25, 0.3) is 0 Å². The van der Waals surface area contributed by atoms with Crippen LogP contribution in [0.4, 0.5) is 10.5 Å². The van der Waals surface area contributed by atoms with Crippen LogP contribution in [0, 0.1) is 0 Å². The van der Waals surface area contributed by atoms with Crippen molar-refractivity contribution in [2.24, 2.45) is 0 Å². The normalized spacial score (nSPS) is 12.5. The Morgan fingerprint density at radius 1 is 1.19 bits per heavy atom. The van der Waals surface area contributed by atoms with Crippen LogP contribution >= 0.6 is 0 Å². The molecule has 0 aromatic heterocycles. The molecule has 9 nitrogen and oxygen atoms in total. The van der Waals surface area contributed by atoms with E-state index >= 15 is 0 Å². The topological polar surface area (TPSA) is 109 Å². The van der Waals surface area contributed by atoms with E-state index in [0.717, 1.165) is 0 Å². The van der Waals surface area contributed by atoms with E-state index in [-0.39, 0.29) is 24.0 Å². The number of amides is 1. The first kappa shape index (κ1) is 21.2. The zero-order valence-corrected chi connectivity index (χ0v) is 15.1. The number of anilines is 1. The summed E-state index contributed by atoms with van der Waals surface area (Å²) < 4.78 is 24.8. The van der Waals surface area contributed by atoms with E-state index in [1.807, 2.05) is 6.92 Å². The molecule has 1 aromatic carbocycles. The van der Waals surface area contributed by atoms with Gasteiger partial charge in [0.05, 0.1) is 31.1 Å². The van der Waals surface area contributed by atoms with Gasteiger partial charge in [-0.2, -0.15) is 0 Å². The van der Waals surface area contributed by atoms with Crippen molar-refractivity contribution in [3.63, 3.8) is 0 Å². The second kappa shape index (κ2) is 10.9. The van der Waals surface area contributed by atoms with Gasteiger partial charge in [0.2, 0.25) is 12.7 Å². The van der Waals surface area contributed by atoms with E-state index in [2.05, 4.69) is 5.32 Å². The SMILES string of the molecule is COc1cc(C(=O)OC(C)OC(=O)OCCC(C)OC)ccc1NC=O. The van der Waals surface area contributed by atoms with Gasteiger partial charge in [0.1, 0.15) is 5.75 Å². The molecule has 0 heterocycles. The first-order valence-corrected chi connectivity index (χ1v) is 7.86. The molecule has 0 saturated heterocycles. The van der Waals surface area contributed by atoms with Gasteiger partial charge in [0, 0.05) is 20.5 Å². The Hall–Kier alpha value is -2.81. The largest absolute Gasteiger partial charge is 0.511 e. The van der Waals surface area contributed by atoms with Gasteiger partial charge in [-0.25, -0.2) is 9.59 Å². The summed E-state index contributed by atoms with van der Waals surface area (Å²) in [4.78, 5) is 34.1. The summed E-state index contributed by atoms with van der Waals surface area (Å²) >= 11 is 0. The van der Waals surface area contributed by atoms with Crippen molar-refractivity contribution in [3.8, 4) is 5.75 Å². The molecule has 0 radical (unpaired) electrons. The molecular formula is C17H23NO8. The van der Waals surface area contributed by atoms with Gasteiger partial charge in [-0.3, -0.25) is 4.79 Å². The third-order valence-corrected chi connectivity index (χ3v) is 3.33. The van der Waals surface area contributed by atoms with Crippen LogP contribution in [0.2, 0.25) is 0 Å². The molecule has 2 unspecified atom stereocenters. The summed E-state index contributed by atoms with van der Waals surface area (Å²) in [7, 11) is 2.95. The van der Waals surface area contributed by atoms with E-state index in [4.69, 9.17) is 23.7 Å². The van der Waals surface area contributed by atoms with E-state index < -0.39 is 18.4 Å². The fraction of sp³-hybridized carbons (Fsp3) is 0.471. The summed E-state index contributed by atoms with van der Waals surface area (Å²) in [6.07, 6.45) is -1.14. The smallest absolute Gasteiger partial charge is 0.495 e. The molecule has 144 valence electrons. The molecule has 0 spiro atoms. The monoisotopic (exact) mass is 369 g/mol. The molecule has 9 heteroatoms. The fourth-order valence-corrected chi connectivity index (χ4v) is 1.84. The van der Waals surface area contributed by atoms with Crippen LogP contribution in [0.5, 0.6) is 5.75 Å². The lowest BCUT2D eigenvalue weighted by atomic mass is 10.2. The summed E-state index contributed by atoms with van der Waals surface area (Å²) in [5, 5.41) is 2.44. The number of ether oxygens (including phenoxy) is 5. The number of methoxy groups -OCH3 is 2. The number of rotatable bonds is 10. The van der Waals surface area contributed by atoms with Gasteiger partial charge >= 0.3 is 12.1 Å². The lowest BCUT2D eigenvalue weighted by Crippen LogP contribution is -2.23. The molecule has 0 aliphatic carbocycles. The minimum Gasteiger partial charge on any atom is -0.495 e. The zero-order valence-electron chi connectivity index (χ0n) is 15.1. The van der Waals surface area contributed by atoms with Crippen molar-refractivity contribution < 1.29 is 38.1 Å². The number of nitrogens with one attached hydrogen (secondary N) is 1. The Morgan fingerprint density at radius 3 is 2.54 bits per heavy atom. The molecule has 0 bridgehead atoms. The maximum atomic E-state index is 12.1. The minimum atomic E-state index is -1.14. The number of hydrogen-bond acceptors (Lipinski definition) is 8. The van der Waals surface area contributed by atoms with Gasteiger partial charge in [-0.15, -0.1) is 0 Å². The maximum absolute atomic E-state index is 12.1. The van der Waals surface area contributed by atoms with Gasteiger partial charge in [-0.1, -0.05) is 0 Å². The first-order chi connectivity index (χ1) is 12.4. The quantitative estimate of drug-likeness (QED) is 0.380. The molecule has 0 aliphatic heterocycles. The highest BCUT2D eigenvalue weighted by molar-refractivity contribution is 5.91. The number of esters is 1. The molecule has 26 heavy (non-hydrogen) atoms. The minimum absolute atomic E-state index is 0.0512. The Bertz CT molecular complexity index is 619. The standard InChI is InChI=1S/C17H23NO8/c1-11(22-3)7-8-24-17(21)26-12(2)25-16(20)13-5-6-14(18-10-19)15(9-13)23-4/h5-6,9-12H,7-8H2,1-4H3,(H,18,19). The van der Waals surface area contributed by atoms with Crippen LogP contribution in [0.1, 0.15) is 30.6 Å². The summed E-state index contributed by atoms with van der Waals surface area (Å²) in [5.41, 5.74) is 0.563. The van der Waals surface area contributed by atoms with E-state index in [1.165, 1.54) is 32.2 Å². The Kier molecular flexibility index (Phi) is 8.93. The van der Waals surface area contributed by atoms with Crippen molar-refractivity contribution in [2.75, 3.05) is 26.1 Å². The Balaban J connectivity index is 2.53. The van der Waals surface area contributed by atoms with Crippen LogP contribution < -0.4 is 10.1 Å². The van der Waals surface area contributed by atoms with Crippen LogP contribution in [0.3, 0.4) is 0 Å². The third-order valence-electron chi connectivity index (χ3n) is 3.33. The maximum Gasteiger partial charge on any atom is 0.511 e. The summed E-state index contributed by atoms with van der Waals surface area (Å²) in [6.45, 7) is 3.34. The Morgan fingerprint density at radius 2 is 1.92 bits per heavy atom. The van der Waals surface area contributed by atoms with Crippen LogP contribution in [-0.2, 0) is 23.7 Å². The molecule has 1 N–H and O–H groups in total. The Labute approximate surface area is 151 Å². The van der Waals surface area contributed by atoms with E-state index in [1.54, 1.807) is 7.11 Å². The van der Waals surface area contributed by atoms with E-state index in [9.17, 15) is 14.4 Å². The number of hydrogen-bond donors (Lipinski definition) is 1. The number of carbonyl (C=O) groups excluding carboxylic acids is 3. The predicted octanol–water partition coefficient (Wildman–Crippen LogP) is 2.34. The number of benzene rings is 1. The van der Waals surface area contributed by atoms with Crippen LogP contribution in [-0.4, -0.2) is 51.8 Å². The summed E-state index contributed by atoms with van der Waals surface area (Å²) in [6, 6.07) is 4.32. The highest BCUT2D eigenvalue weighted by atomic mass is 16.8. The fourth-order valence-electron chi connectivity index (χ4n) is 1.84. The van der Waals surface area contributed by atoms with Crippen molar-refractivity contribution in [3.05, 3.63) is 23.8 Å². The first-order valence-electron chi connectivity index (χ1n) is 7.86.